The van der Waals surface area contributed by atoms with Crippen LogP contribution in [0.15, 0.2) is 249 Å². The Morgan fingerprint density at radius 3 is 1.03 bits per heavy atom. The number of ether oxygens (including phenoxy) is 5. The molecule has 3 aromatic heterocycles. The molecule has 2 N–H and O–H groups in total. The Kier molecular flexibility index (Phi) is 150. The van der Waals surface area contributed by atoms with Crippen LogP contribution in [-0.4, -0.2) is 100 Å². The van der Waals surface area contributed by atoms with Gasteiger partial charge in [-0.25, -0.2) is 17.6 Å². The molecule has 62 heteroatoms. The number of ketones is 2. The van der Waals surface area contributed by atoms with E-state index in [1.54, 1.807) is 130 Å². The zero-order valence-electron chi connectivity index (χ0n) is 76.1. The number of phenols is 2. The minimum atomic E-state index is -0.550. The van der Waals surface area contributed by atoms with Crippen LogP contribution in [0.3, 0.4) is 0 Å². The number of carbonyl (C=O) groups excluding carboxylic acids is 4. The molecule has 0 atom stereocenters. The number of para-hydroxylation sites is 1. The molecule has 0 saturated carbocycles. The van der Waals surface area contributed by atoms with Crippen molar-refractivity contribution < 1.29 is 409 Å². The van der Waals surface area contributed by atoms with Crippen LogP contribution in [0.25, 0.3) is 66.3 Å². The predicted molar refractivity (Wildman–Crippen MR) is 531 cm³/mol. The van der Waals surface area contributed by atoms with Gasteiger partial charge in [-0.15, -0.1) is 47.3 Å². The molecule has 1 aliphatic rings. The Hall–Kier alpha value is -0.800. The Morgan fingerprint density at radius 1 is 0.366 bits per heavy atom. The van der Waals surface area contributed by atoms with E-state index in [0.29, 0.717) is 70.7 Å². The van der Waals surface area contributed by atoms with Gasteiger partial charge in [0.1, 0.15) is 69.3 Å². The van der Waals surface area contributed by atoms with Gasteiger partial charge in [-0.1, -0.05) is 174 Å². The number of methoxy groups -OCH3 is 3. The molecule has 142 heavy (non-hydrogen) atoms. The maximum atomic E-state index is 13.9. The molecule has 0 spiro atoms. The molecule has 4 heterocycles. The molecule has 0 unspecified atom stereocenters. The van der Waals surface area contributed by atoms with Crippen LogP contribution in [-0.2, 0) is 19.4 Å². The summed E-state index contributed by atoms with van der Waals surface area (Å²) in [5.74, 6) is 11.2. The first kappa shape index (κ1) is 177. The fourth-order valence-corrected chi connectivity index (χ4v) is 11.6. The number of Topliss-reactive ketones (excluding diaryl/α,β-unsaturated/α-hetero) is 2. The maximum absolute atomic E-state index is 13.9. The molecule has 1 aliphatic heterocycles. The molecule has 0 fully saturated rings. The van der Waals surface area contributed by atoms with Crippen LogP contribution >= 0.6 is 223 Å². The Bertz CT molecular complexity index is 5240. The Balaban J connectivity index is -0.0000000767. The van der Waals surface area contributed by atoms with Gasteiger partial charge in [-0.05, 0) is 212 Å². The number of hydrogen-bond donors (Lipinski definition) is 2. The monoisotopic (exact) mass is 3070 g/mol. The van der Waals surface area contributed by atoms with Crippen molar-refractivity contribution in [2.45, 2.75) is 0 Å². The van der Waals surface area contributed by atoms with Crippen molar-refractivity contribution in [1.29, 1.82) is 0 Å². The topological polar surface area (TPSA) is 259 Å². The van der Waals surface area contributed by atoms with Gasteiger partial charge < -0.3 is 70.3 Å². The molecule has 0 amide bonds. The number of halogens is 39. The summed E-state index contributed by atoms with van der Waals surface area (Å²) in [6, 6.07) is 53.8. The van der Waals surface area contributed by atoms with Gasteiger partial charge in [0.05, 0.1) is 95.1 Å². The molecule has 780 valence electrons. The van der Waals surface area contributed by atoms with Crippen molar-refractivity contribution in [3.8, 4) is 79.4 Å². The third-order valence-electron chi connectivity index (χ3n) is 14.1. The summed E-state index contributed by atoms with van der Waals surface area (Å²) in [5.41, 5.74) is 6.47. The molecule has 13 aromatic rings. The molecule has 18 nitrogen and oxygen atoms in total. The standard InChI is InChI=1S/C15H12BrFO3.C15H10BrFO2.C14H8BrFO2.C14H7BrO2.C8H6BrFO.C7H7BrO2.5CH3Br.2CH2O3.BBr3.9F2.3FH.4K.2H/c1-19-10-6-7-12(16)15(8-10)20-9-14(18)11-4-2-3-5-13(11)17;1-18-13-7-6-11(16)15-14(13)10(8-19-15)9-4-2-3-5-12(9)17;15-10-5-6-12(17)13-9(7-18-14(10)13)8-3-1-2-4-11(8)16;15-10-5-6-12-13-9(7-16-14(10)13)8-3-1-2-4-11(8)17-12;9-5-8(11)6-3-1-2-4-7(6)10;1-10-5-2-3-6(8)7(9)4-5;5*1-2;2*2-1-4-3;2-1(3)4;9*1-2;;;;;;;;;/h2-8H,9H2,1H3;2-8H,1H3;1-7,17H;1-7H;1-4H,5H2;2-4,9H,1H3;5*1H3;2*1,3H;;;;;;;;;;;3*1H;;;;;;/q;;;;;;;;;;;;;;;;;;;;;;;;;;4*+1;2*-1/p-2. The second kappa shape index (κ2) is 120. The van der Waals surface area contributed by atoms with Gasteiger partial charge in [-0.3, -0.25) is 33.3 Å². The molecular formula is C80H72BBr14F25K4O18. The summed E-state index contributed by atoms with van der Waals surface area (Å²) in [6.07, 6.45) is 4.80. The van der Waals surface area contributed by atoms with Gasteiger partial charge in [0.25, 0.3) is 12.9 Å². The average Bonchev–Trinajstić information content (AvgIpc) is 1.64. The van der Waals surface area contributed by atoms with Crippen molar-refractivity contribution in [1.82, 2.24) is 0 Å². The zero-order valence-corrected chi connectivity index (χ0v) is 109. The molecule has 0 bridgehead atoms. The zero-order chi connectivity index (χ0) is 106. The number of phenolic OH excluding ortho intramolecular Hbond substituents is 2. The molecule has 0 aliphatic carbocycles. The first-order valence-electron chi connectivity index (χ1n) is 33.2. The quantitative estimate of drug-likeness (QED) is 0.0207. The number of alkyl halides is 6. The van der Waals surface area contributed by atoms with E-state index >= 15 is 0 Å². The molecule has 0 radical (unpaired) electrons. The normalized spacial score (nSPS) is 8.24. The Labute approximate surface area is 1080 Å². The van der Waals surface area contributed by atoms with Crippen LogP contribution < -0.4 is 240 Å². The fraction of sp³-hybridized carbons (Fsp3) is 0.125. The van der Waals surface area contributed by atoms with Crippen LogP contribution in [0.1, 0.15) is 23.6 Å². The van der Waals surface area contributed by atoms with Gasteiger partial charge in [0.2, 0.25) is 5.78 Å². The largest absolute Gasteiger partial charge is 1.00 e. The van der Waals surface area contributed by atoms with Gasteiger partial charge in [0, 0.05) is 128 Å². The number of furan rings is 3. The van der Waals surface area contributed by atoms with Gasteiger partial charge in [0.15, 0.2) is 29.1 Å². The summed E-state index contributed by atoms with van der Waals surface area (Å²) in [7, 11) is 4.68. The van der Waals surface area contributed by atoms with Crippen molar-refractivity contribution in [2.24, 2.45) is 0 Å². The van der Waals surface area contributed by atoms with Crippen molar-refractivity contribution >= 4 is 283 Å². The van der Waals surface area contributed by atoms with Crippen LogP contribution in [0, 0.1) is 23.3 Å². The van der Waals surface area contributed by atoms with Crippen LogP contribution in [0.2, 0.25) is 0 Å². The number of hydrogen-bond acceptors (Lipinski definition) is 18. The third kappa shape index (κ3) is 68.4. The first-order chi connectivity index (χ1) is 65.4. The van der Waals surface area contributed by atoms with E-state index in [-0.39, 0.29) is 291 Å². The van der Waals surface area contributed by atoms with E-state index in [2.05, 4.69) is 232 Å². The van der Waals surface area contributed by atoms with E-state index in [0.717, 1.165) is 52.4 Å². The number of fused-ring (bicyclic) bond motifs is 4. The van der Waals surface area contributed by atoms with E-state index in [9.17, 15) is 32.3 Å². The number of benzene rings is 10. The summed E-state index contributed by atoms with van der Waals surface area (Å²) in [6.45, 7) is -0.604. The molecule has 0 saturated heterocycles. The van der Waals surface area contributed by atoms with E-state index < -0.39 is 17.4 Å². The minimum Gasteiger partial charge on any atom is -1.00 e. The summed E-state index contributed by atoms with van der Waals surface area (Å²) in [5, 5.41) is 38.4. The smallest absolute Gasteiger partial charge is 1.00 e. The second-order valence-corrected chi connectivity index (χ2v) is 31.7. The van der Waals surface area contributed by atoms with Crippen molar-refractivity contribution in [2.75, 3.05) is 62.4 Å². The fourth-order valence-electron chi connectivity index (χ4n) is 9.39. The molecule has 14 rings (SSSR count). The number of aromatic hydroxyl groups is 2. The first-order valence-corrected chi connectivity index (χ1v) is 48.9. The maximum Gasteiger partial charge on any atom is 1.00 e. The van der Waals surface area contributed by atoms with Crippen molar-refractivity contribution in [3.63, 3.8) is 0 Å². The second-order valence-electron chi connectivity index (χ2n) is 20.5. The van der Waals surface area contributed by atoms with Crippen molar-refractivity contribution in [3.05, 3.63) is 270 Å². The predicted octanol–water partition coefficient (Wildman–Crippen LogP) is 23.5. The minimum absolute atomic E-state index is 0. The Morgan fingerprint density at radius 2 is 0.669 bits per heavy atom. The molecule has 10 aromatic carbocycles. The summed E-state index contributed by atoms with van der Waals surface area (Å²) in [4.78, 5) is 45.3. The summed E-state index contributed by atoms with van der Waals surface area (Å²) >= 11 is 43.7. The number of carbonyl (C=O) groups is 4. The third-order valence-corrected chi connectivity index (χ3v) is 17.8. The van der Waals surface area contributed by atoms with Crippen LogP contribution in [0.4, 0.5) is 114 Å². The van der Waals surface area contributed by atoms with E-state index in [1.807, 2.05) is 77.7 Å². The van der Waals surface area contributed by atoms with Gasteiger partial charge in [-0.2, -0.15) is 0 Å². The van der Waals surface area contributed by atoms with Gasteiger partial charge >= 0.3 is 209 Å². The SMILES string of the molecule is BrB(Br)Br.Brc1ccc2c3c(coc13)-c1ccccc1O2.CBr.CBr.CBr.CBr.CBr.COc1ccc(Br)c(O)c1.COc1ccc(Br)c(OCC(=O)c2ccccc2F)c1.COc1ccc(Br)c2occ(-c3ccccc3F)c12.F.F.F.FF.FF.FF.FF.FF.FF.FF.FF.FF.O=C(CBr)c1ccccc1F.O=CO[O-].O=CO[O-].Oc1ccc(Br)c2occ(-c3ccccc3F)c12.[H-].[H-].[K+].[K+].[K+].[K+]. The summed E-state index contributed by atoms with van der Waals surface area (Å²) < 4.78 is 245. The van der Waals surface area contributed by atoms with Crippen LogP contribution in [0.5, 0.6) is 46.0 Å². The average molecular weight is 3080 g/mol. The number of rotatable bonds is 13. The van der Waals surface area contributed by atoms with E-state index in [1.165, 1.54) is 55.8 Å². The molecular weight excluding hydrogens is 3010 g/mol. The van der Waals surface area contributed by atoms with E-state index in [4.69, 9.17) is 144 Å².